The van der Waals surface area contributed by atoms with Gasteiger partial charge in [-0.2, -0.15) is 0 Å². The number of aromatic nitrogens is 5. The maximum atomic E-state index is 12.4. The first kappa shape index (κ1) is 19.3. The fourth-order valence-electron chi connectivity index (χ4n) is 2.85. The van der Waals surface area contributed by atoms with E-state index in [9.17, 15) is 18.0 Å². The summed E-state index contributed by atoms with van der Waals surface area (Å²) in [6, 6.07) is 14.2. The van der Waals surface area contributed by atoms with E-state index in [1.807, 2.05) is 36.2 Å². The van der Waals surface area contributed by atoms with E-state index in [1.165, 1.54) is 0 Å². The molecule has 0 spiro atoms. The van der Waals surface area contributed by atoms with Gasteiger partial charge in [0.2, 0.25) is 0 Å². The van der Waals surface area contributed by atoms with Crippen molar-refractivity contribution in [3.63, 3.8) is 0 Å². The van der Waals surface area contributed by atoms with Crippen LogP contribution in [0.3, 0.4) is 0 Å². The zero-order chi connectivity index (χ0) is 21.3. The molecule has 0 aliphatic rings. The molecule has 0 bridgehead atoms. The molecule has 2 aromatic carbocycles. The highest BCUT2D eigenvalue weighted by Gasteiger charge is 2.19. The lowest BCUT2D eigenvalue weighted by Crippen LogP contribution is -2.29. The van der Waals surface area contributed by atoms with Gasteiger partial charge in [0.05, 0.1) is 11.9 Å². The SMILES string of the molecule is Cc1ccccc1-n1cc(-c2ccc(NS(=O)(=O)c3c[nH]c(=O)[nH]c3=O)cc2)nn1. The van der Waals surface area contributed by atoms with Crippen molar-refractivity contribution in [2.75, 3.05) is 4.72 Å². The number of benzene rings is 2. The van der Waals surface area contributed by atoms with Crippen molar-refractivity contribution in [2.24, 2.45) is 0 Å². The molecule has 2 aromatic heterocycles. The van der Waals surface area contributed by atoms with Gasteiger partial charge in [-0.1, -0.05) is 35.5 Å². The Balaban J connectivity index is 1.57. The standard InChI is InChI=1S/C19H16N6O4S/c1-12-4-2-3-5-16(12)25-11-15(22-24-25)13-6-8-14(9-7-13)23-30(28,29)17-10-20-19(27)21-18(17)26/h2-11,23H,1H3,(H2,20,21,26,27). The van der Waals surface area contributed by atoms with E-state index >= 15 is 0 Å². The quantitative estimate of drug-likeness (QED) is 0.442. The highest BCUT2D eigenvalue weighted by Crippen LogP contribution is 2.22. The number of H-pyrrole nitrogens is 2. The Labute approximate surface area is 170 Å². The van der Waals surface area contributed by atoms with Crippen LogP contribution >= 0.6 is 0 Å². The molecular weight excluding hydrogens is 408 g/mol. The van der Waals surface area contributed by atoms with Crippen LogP contribution in [0.4, 0.5) is 5.69 Å². The largest absolute Gasteiger partial charge is 0.325 e. The van der Waals surface area contributed by atoms with Gasteiger partial charge in [0.15, 0.2) is 4.90 Å². The number of sulfonamides is 1. The molecule has 3 N–H and O–H groups in total. The monoisotopic (exact) mass is 424 g/mol. The van der Waals surface area contributed by atoms with Crippen LogP contribution in [-0.2, 0) is 10.0 Å². The molecule has 0 aliphatic heterocycles. The average Bonchev–Trinajstić information content (AvgIpc) is 3.18. The Morgan fingerprint density at radius 1 is 1.03 bits per heavy atom. The third kappa shape index (κ3) is 3.78. The Hall–Kier alpha value is -3.99. The number of anilines is 1. The normalized spacial score (nSPS) is 11.4. The fraction of sp³-hybridized carbons (Fsp3) is 0.0526. The first-order valence-electron chi connectivity index (χ1n) is 8.77. The molecule has 0 saturated carbocycles. The number of hydrogen-bond acceptors (Lipinski definition) is 6. The second kappa shape index (κ2) is 7.44. The number of rotatable bonds is 5. The van der Waals surface area contributed by atoms with Gasteiger partial charge in [-0.3, -0.25) is 14.5 Å². The van der Waals surface area contributed by atoms with Gasteiger partial charge in [-0.15, -0.1) is 5.10 Å². The summed E-state index contributed by atoms with van der Waals surface area (Å²) in [7, 11) is -4.17. The minimum absolute atomic E-state index is 0.246. The molecule has 11 heteroatoms. The van der Waals surface area contributed by atoms with Crippen LogP contribution in [0.5, 0.6) is 0 Å². The molecule has 4 aromatic rings. The van der Waals surface area contributed by atoms with Crippen molar-refractivity contribution < 1.29 is 8.42 Å². The van der Waals surface area contributed by atoms with E-state index in [1.54, 1.807) is 35.1 Å². The van der Waals surface area contributed by atoms with Gasteiger partial charge in [0.25, 0.3) is 15.6 Å². The lowest BCUT2D eigenvalue weighted by atomic mass is 10.1. The topological polar surface area (TPSA) is 143 Å². The number of nitrogens with one attached hydrogen (secondary N) is 3. The summed E-state index contributed by atoms with van der Waals surface area (Å²) in [6.07, 6.45) is 2.63. The zero-order valence-electron chi connectivity index (χ0n) is 15.7. The highest BCUT2D eigenvalue weighted by molar-refractivity contribution is 7.92. The number of aromatic amines is 2. The molecule has 4 rings (SSSR count). The first-order valence-corrected chi connectivity index (χ1v) is 10.3. The fourth-order valence-corrected chi connectivity index (χ4v) is 3.92. The van der Waals surface area contributed by atoms with Gasteiger partial charge < -0.3 is 4.98 Å². The molecule has 30 heavy (non-hydrogen) atoms. The Morgan fingerprint density at radius 2 is 1.77 bits per heavy atom. The zero-order valence-corrected chi connectivity index (χ0v) is 16.5. The van der Waals surface area contributed by atoms with Crippen molar-refractivity contribution in [3.05, 3.63) is 87.3 Å². The van der Waals surface area contributed by atoms with Gasteiger partial charge in [0, 0.05) is 17.4 Å². The van der Waals surface area contributed by atoms with E-state index in [2.05, 4.69) is 20.0 Å². The van der Waals surface area contributed by atoms with Crippen LogP contribution < -0.4 is 16.0 Å². The predicted octanol–water partition coefficient (Wildman–Crippen LogP) is 1.42. The van der Waals surface area contributed by atoms with Crippen molar-refractivity contribution in [1.29, 1.82) is 0 Å². The summed E-state index contributed by atoms with van der Waals surface area (Å²) in [5.74, 6) is 0. The summed E-state index contributed by atoms with van der Waals surface area (Å²) < 4.78 is 28.8. The van der Waals surface area contributed by atoms with Crippen LogP contribution in [-0.4, -0.2) is 33.4 Å². The highest BCUT2D eigenvalue weighted by atomic mass is 32.2. The smallest absolute Gasteiger partial charge is 0.313 e. The third-order valence-electron chi connectivity index (χ3n) is 4.36. The molecule has 0 radical (unpaired) electrons. The Kier molecular flexibility index (Phi) is 4.80. The molecule has 0 atom stereocenters. The van der Waals surface area contributed by atoms with E-state index in [0.717, 1.165) is 23.0 Å². The second-order valence-electron chi connectivity index (χ2n) is 6.45. The van der Waals surface area contributed by atoms with Crippen molar-refractivity contribution in [1.82, 2.24) is 25.0 Å². The van der Waals surface area contributed by atoms with Gasteiger partial charge in [0.1, 0.15) is 5.69 Å². The molecule has 10 nitrogen and oxygen atoms in total. The Morgan fingerprint density at radius 3 is 2.47 bits per heavy atom. The molecule has 0 fully saturated rings. The lowest BCUT2D eigenvalue weighted by molar-refractivity contribution is 0.599. The van der Waals surface area contributed by atoms with E-state index in [0.29, 0.717) is 5.69 Å². The van der Waals surface area contributed by atoms with Crippen LogP contribution in [0.2, 0.25) is 0 Å². The molecule has 0 unspecified atom stereocenters. The average molecular weight is 424 g/mol. The molecule has 0 amide bonds. The maximum Gasteiger partial charge on any atom is 0.325 e. The number of nitrogens with zero attached hydrogens (tertiary/aromatic N) is 3. The second-order valence-corrected chi connectivity index (χ2v) is 8.10. The molecule has 0 aliphatic carbocycles. The van der Waals surface area contributed by atoms with Crippen molar-refractivity contribution in [2.45, 2.75) is 11.8 Å². The number of hydrogen-bond donors (Lipinski definition) is 3. The summed E-state index contributed by atoms with van der Waals surface area (Å²) in [4.78, 5) is 26.2. The first-order chi connectivity index (χ1) is 14.3. The van der Waals surface area contributed by atoms with Crippen LogP contribution in [0.25, 0.3) is 16.9 Å². The van der Waals surface area contributed by atoms with E-state index < -0.39 is 26.2 Å². The number of aryl methyl sites for hydroxylation is 1. The summed E-state index contributed by atoms with van der Waals surface area (Å²) >= 11 is 0. The van der Waals surface area contributed by atoms with E-state index in [4.69, 9.17) is 0 Å². The maximum absolute atomic E-state index is 12.4. The van der Waals surface area contributed by atoms with Crippen LogP contribution in [0.15, 0.2) is 75.4 Å². The van der Waals surface area contributed by atoms with Crippen molar-refractivity contribution >= 4 is 15.7 Å². The van der Waals surface area contributed by atoms with Crippen LogP contribution in [0.1, 0.15) is 5.56 Å². The minimum Gasteiger partial charge on any atom is -0.313 e. The number of para-hydroxylation sites is 1. The van der Waals surface area contributed by atoms with E-state index in [-0.39, 0.29) is 5.69 Å². The van der Waals surface area contributed by atoms with Gasteiger partial charge in [-0.25, -0.2) is 17.9 Å². The molecule has 2 heterocycles. The summed E-state index contributed by atoms with van der Waals surface area (Å²) in [6.45, 7) is 1.98. The minimum atomic E-state index is -4.17. The third-order valence-corrected chi connectivity index (χ3v) is 5.75. The summed E-state index contributed by atoms with van der Waals surface area (Å²) in [5, 5.41) is 8.32. The molecule has 152 valence electrons. The molecule has 0 saturated heterocycles. The van der Waals surface area contributed by atoms with Gasteiger partial charge >= 0.3 is 5.69 Å². The Bertz CT molecular complexity index is 1430. The van der Waals surface area contributed by atoms with Crippen molar-refractivity contribution in [3.8, 4) is 16.9 Å². The molecular formula is C19H16N6O4S. The summed E-state index contributed by atoms with van der Waals surface area (Å²) in [5.41, 5.74) is 1.76. The lowest BCUT2D eigenvalue weighted by Gasteiger charge is -2.07. The van der Waals surface area contributed by atoms with Gasteiger partial charge in [-0.05, 0) is 30.7 Å². The predicted molar refractivity (Wildman–Crippen MR) is 110 cm³/mol. The van der Waals surface area contributed by atoms with Crippen LogP contribution in [0, 0.1) is 6.92 Å².